The van der Waals surface area contributed by atoms with E-state index in [1.54, 1.807) is 0 Å². The minimum absolute atomic E-state index is 0.0687. The highest BCUT2D eigenvalue weighted by atomic mass is 16.6. The summed E-state index contributed by atoms with van der Waals surface area (Å²) in [7, 11) is 0. The van der Waals surface area contributed by atoms with Crippen LogP contribution in [0, 0.1) is 0 Å². The number of hydrogen-bond acceptors (Lipinski definition) is 6. The number of allylic oxidation sites excluding steroid dienone is 4. The second kappa shape index (κ2) is 49.5. The van der Waals surface area contributed by atoms with Crippen LogP contribution in [0.3, 0.4) is 0 Å². The van der Waals surface area contributed by atoms with Crippen molar-refractivity contribution in [3.05, 3.63) is 24.3 Å². The van der Waals surface area contributed by atoms with Crippen LogP contribution in [0.1, 0.15) is 284 Å². The van der Waals surface area contributed by atoms with E-state index in [-0.39, 0.29) is 31.1 Å². The van der Waals surface area contributed by atoms with Gasteiger partial charge < -0.3 is 14.2 Å². The Morgan fingerprint density at radius 2 is 0.600 bits per heavy atom. The quantitative estimate of drug-likeness (QED) is 0.0263. The van der Waals surface area contributed by atoms with Gasteiger partial charge in [-0.3, -0.25) is 14.4 Å². The lowest BCUT2D eigenvalue weighted by Crippen LogP contribution is -2.30. The van der Waals surface area contributed by atoms with E-state index < -0.39 is 6.10 Å². The molecule has 0 fully saturated rings. The third-order valence-electron chi connectivity index (χ3n) is 11.7. The number of hydrogen-bond donors (Lipinski definition) is 0. The summed E-state index contributed by atoms with van der Waals surface area (Å²) >= 11 is 0. The molecule has 6 heteroatoms. The number of ether oxygens (including phenoxy) is 3. The fourth-order valence-electron chi connectivity index (χ4n) is 7.71. The first kappa shape index (κ1) is 57.9. The minimum atomic E-state index is -0.767. The molecule has 0 bridgehead atoms. The van der Waals surface area contributed by atoms with Crippen LogP contribution in [0.5, 0.6) is 0 Å². The van der Waals surface area contributed by atoms with Crippen LogP contribution in [0.2, 0.25) is 0 Å². The average molecular weight is 845 g/mol. The standard InChI is InChI=1S/C54H100O6/c1-4-7-10-13-16-19-22-25-26-27-28-30-33-35-38-41-44-47-53(56)59-50-51(60-54(57)48-45-42-39-36-31-24-21-18-15-12-9-6-3)49-58-52(55)46-43-40-37-34-32-29-23-20-17-14-11-8-5-2/h16,19,25-26,51H,4-15,17-18,20-24,27-50H2,1-3H3/b19-16-,26-25-/t51-/m0/s1. The van der Waals surface area contributed by atoms with Crippen LogP contribution in [0.4, 0.5) is 0 Å². The summed E-state index contributed by atoms with van der Waals surface area (Å²) in [6.07, 6.45) is 55.8. The van der Waals surface area contributed by atoms with Crippen LogP contribution in [-0.2, 0) is 28.6 Å². The molecular formula is C54H100O6. The van der Waals surface area contributed by atoms with E-state index in [0.717, 1.165) is 70.6 Å². The van der Waals surface area contributed by atoms with Crippen LogP contribution in [0.25, 0.3) is 0 Å². The van der Waals surface area contributed by atoms with E-state index in [9.17, 15) is 14.4 Å². The van der Waals surface area contributed by atoms with E-state index in [1.807, 2.05) is 0 Å². The Morgan fingerprint density at radius 1 is 0.333 bits per heavy atom. The fraction of sp³-hybridized carbons (Fsp3) is 0.870. The summed E-state index contributed by atoms with van der Waals surface area (Å²) < 4.78 is 16.8. The Balaban J connectivity index is 4.32. The Labute approximate surface area is 373 Å². The Morgan fingerprint density at radius 3 is 0.950 bits per heavy atom. The predicted octanol–water partition coefficient (Wildman–Crippen LogP) is 17.2. The molecule has 0 aromatic rings. The first-order chi connectivity index (χ1) is 29.5. The summed E-state index contributed by atoms with van der Waals surface area (Å²) in [5.74, 6) is -0.862. The normalized spacial score (nSPS) is 12.1. The number of rotatable bonds is 48. The van der Waals surface area contributed by atoms with Gasteiger partial charge in [-0.05, 0) is 51.4 Å². The van der Waals surface area contributed by atoms with E-state index >= 15 is 0 Å². The average Bonchev–Trinajstić information content (AvgIpc) is 3.24. The maximum Gasteiger partial charge on any atom is 0.306 e. The zero-order valence-electron chi connectivity index (χ0n) is 40.2. The van der Waals surface area contributed by atoms with E-state index in [0.29, 0.717) is 19.3 Å². The number of unbranched alkanes of at least 4 members (excludes halogenated alkanes) is 33. The molecule has 0 saturated heterocycles. The van der Waals surface area contributed by atoms with E-state index in [4.69, 9.17) is 14.2 Å². The highest BCUT2D eigenvalue weighted by Gasteiger charge is 2.19. The molecule has 0 aromatic carbocycles. The van der Waals surface area contributed by atoms with Crippen molar-refractivity contribution in [2.45, 2.75) is 290 Å². The second-order valence-electron chi connectivity index (χ2n) is 17.8. The third kappa shape index (κ3) is 46.9. The molecule has 0 aliphatic rings. The summed E-state index contributed by atoms with van der Waals surface area (Å²) in [4.78, 5) is 37.9. The molecule has 60 heavy (non-hydrogen) atoms. The predicted molar refractivity (Wildman–Crippen MR) is 256 cm³/mol. The molecule has 0 spiro atoms. The smallest absolute Gasteiger partial charge is 0.306 e. The van der Waals surface area contributed by atoms with Crippen LogP contribution < -0.4 is 0 Å². The lowest BCUT2D eigenvalue weighted by Gasteiger charge is -2.18. The van der Waals surface area contributed by atoms with Gasteiger partial charge in [-0.2, -0.15) is 0 Å². The van der Waals surface area contributed by atoms with Crippen molar-refractivity contribution < 1.29 is 28.6 Å². The maximum atomic E-state index is 12.8. The van der Waals surface area contributed by atoms with Crippen LogP contribution >= 0.6 is 0 Å². The van der Waals surface area contributed by atoms with Crippen molar-refractivity contribution in [1.29, 1.82) is 0 Å². The number of carbonyl (C=O) groups is 3. The zero-order valence-corrected chi connectivity index (χ0v) is 40.2. The monoisotopic (exact) mass is 845 g/mol. The topological polar surface area (TPSA) is 78.9 Å². The third-order valence-corrected chi connectivity index (χ3v) is 11.7. The van der Waals surface area contributed by atoms with Crippen molar-refractivity contribution in [2.75, 3.05) is 13.2 Å². The first-order valence-electron chi connectivity index (χ1n) is 26.3. The molecule has 352 valence electrons. The zero-order chi connectivity index (χ0) is 43.7. The van der Waals surface area contributed by atoms with Crippen LogP contribution in [0.15, 0.2) is 24.3 Å². The van der Waals surface area contributed by atoms with E-state index in [1.165, 1.54) is 173 Å². The SMILES string of the molecule is CCCCC/C=C\C/C=C\CCCCCCCCCC(=O)OC[C@H](COC(=O)CCCCCCCCCCCCCCC)OC(=O)CCCCCCCCCCCCCC. The van der Waals surface area contributed by atoms with Gasteiger partial charge in [-0.25, -0.2) is 0 Å². The van der Waals surface area contributed by atoms with Crippen molar-refractivity contribution in [1.82, 2.24) is 0 Å². The molecule has 0 heterocycles. The maximum absolute atomic E-state index is 12.8. The molecule has 0 aliphatic heterocycles. The summed E-state index contributed by atoms with van der Waals surface area (Å²) in [5, 5.41) is 0. The summed E-state index contributed by atoms with van der Waals surface area (Å²) in [6.45, 7) is 6.63. The molecule has 0 radical (unpaired) electrons. The molecule has 0 N–H and O–H groups in total. The molecule has 0 unspecified atom stereocenters. The molecule has 0 rings (SSSR count). The molecule has 1 atom stereocenters. The lowest BCUT2D eigenvalue weighted by atomic mass is 10.0. The van der Waals surface area contributed by atoms with Gasteiger partial charge in [0.1, 0.15) is 13.2 Å². The molecule has 6 nitrogen and oxygen atoms in total. The molecular weight excluding hydrogens is 745 g/mol. The first-order valence-corrected chi connectivity index (χ1v) is 26.3. The Hall–Kier alpha value is -2.11. The van der Waals surface area contributed by atoms with Gasteiger partial charge in [0.25, 0.3) is 0 Å². The lowest BCUT2D eigenvalue weighted by molar-refractivity contribution is -0.167. The fourth-order valence-corrected chi connectivity index (χ4v) is 7.71. The summed E-state index contributed by atoms with van der Waals surface area (Å²) in [6, 6.07) is 0. The molecule has 0 amide bonds. The molecule has 0 aliphatic carbocycles. The van der Waals surface area contributed by atoms with Gasteiger partial charge in [0.05, 0.1) is 0 Å². The minimum Gasteiger partial charge on any atom is -0.462 e. The highest BCUT2D eigenvalue weighted by Crippen LogP contribution is 2.16. The van der Waals surface area contributed by atoms with Gasteiger partial charge >= 0.3 is 17.9 Å². The van der Waals surface area contributed by atoms with Gasteiger partial charge in [-0.15, -0.1) is 0 Å². The second-order valence-corrected chi connectivity index (χ2v) is 17.8. The van der Waals surface area contributed by atoms with Gasteiger partial charge in [0.15, 0.2) is 6.10 Å². The van der Waals surface area contributed by atoms with Crippen molar-refractivity contribution >= 4 is 17.9 Å². The van der Waals surface area contributed by atoms with E-state index in [2.05, 4.69) is 45.1 Å². The Bertz CT molecular complexity index is 973. The number of carbonyl (C=O) groups excluding carboxylic acids is 3. The highest BCUT2D eigenvalue weighted by molar-refractivity contribution is 5.71. The molecule has 0 aromatic heterocycles. The van der Waals surface area contributed by atoms with Crippen molar-refractivity contribution in [3.8, 4) is 0 Å². The van der Waals surface area contributed by atoms with Crippen LogP contribution in [-0.4, -0.2) is 37.2 Å². The van der Waals surface area contributed by atoms with Gasteiger partial charge in [-0.1, -0.05) is 238 Å². The van der Waals surface area contributed by atoms with Crippen molar-refractivity contribution in [3.63, 3.8) is 0 Å². The van der Waals surface area contributed by atoms with Gasteiger partial charge in [0, 0.05) is 19.3 Å². The molecule has 0 saturated carbocycles. The summed E-state index contributed by atoms with van der Waals surface area (Å²) in [5.41, 5.74) is 0. The largest absolute Gasteiger partial charge is 0.462 e. The van der Waals surface area contributed by atoms with Gasteiger partial charge in [0.2, 0.25) is 0 Å². The Kier molecular flexibility index (Phi) is 47.8. The van der Waals surface area contributed by atoms with Crippen molar-refractivity contribution in [2.24, 2.45) is 0 Å². The number of esters is 3.